The van der Waals surface area contributed by atoms with E-state index in [1.54, 1.807) is 35.0 Å². The van der Waals surface area contributed by atoms with Gasteiger partial charge in [-0.3, -0.25) is 4.57 Å². The highest BCUT2D eigenvalue weighted by molar-refractivity contribution is 6.34. The van der Waals surface area contributed by atoms with Gasteiger partial charge < -0.3 is 0 Å². The zero-order chi connectivity index (χ0) is 15.1. The monoisotopic (exact) mass is 359 g/mol. The van der Waals surface area contributed by atoms with E-state index in [9.17, 15) is 0 Å². The molecule has 3 nitrogen and oxygen atoms in total. The quantitative estimate of drug-likeness (QED) is 0.550. The van der Waals surface area contributed by atoms with Crippen LogP contribution in [0.3, 0.4) is 0 Å². The molecule has 7 heteroatoms. The van der Waals surface area contributed by atoms with Crippen molar-refractivity contribution in [1.82, 2.24) is 14.5 Å². The van der Waals surface area contributed by atoms with Crippen molar-refractivity contribution in [3.05, 3.63) is 51.4 Å². The van der Waals surface area contributed by atoms with Crippen molar-refractivity contribution in [3.63, 3.8) is 0 Å². The molecule has 0 spiro atoms. The summed E-state index contributed by atoms with van der Waals surface area (Å²) in [7, 11) is 0. The summed E-state index contributed by atoms with van der Waals surface area (Å²) in [5.41, 5.74) is 1.97. The van der Waals surface area contributed by atoms with Gasteiger partial charge in [-0.25, -0.2) is 9.97 Å². The van der Waals surface area contributed by atoms with E-state index in [0.29, 0.717) is 37.7 Å². The van der Waals surface area contributed by atoms with Crippen LogP contribution >= 0.6 is 46.4 Å². The van der Waals surface area contributed by atoms with Gasteiger partial charge in [-0.2, -0.15) is 0 Å². The SMILES string of the molecule is CC(Cl)c1nc2cc(Cl)cnc2n1-c1cc(Cl)ccc1Cl. The summed E-state index contributed by atoms with van der Waals surface area (Å²) in [5, 5.41) is 1.29. The smallest absolute Gasteiger partial charge is 0.164 e. The van der Waals surface area contributed by atoms with E-state index in [-0.39, 0.29) is 5.38 Å². The number of alkyl halides is 1. The van der Waals surface area contributed by atoms with E-state index in [0.717, 1.165) is 0 Å². The van der Waals surface area contributed by atoms with Gasteiger partial charge in [0, 0.05) is 11.2 Å². The maximum absolute atomic E-state index is 6.29. The molecule has 2 aromatic heterocycles. The Morgan fingerprint density at radius 2 is 1.86 bits per heavy atom. The molecular weight excluding hydrogens is 352 g/mol. The Bertz CT molecular complexity index is 826. The number of rotatable bonds is 2. The van der Waals surface area contributed by atoms with Crippen molar-refractivity contribution >= 4 is 57.6 Å². The minimum Gasteiger partial charge on any atom is -0.278 e. The standard InChI is InChI=1S/C14H9Cl4N3/c1-7(15)13-20-11-4-9(17)6-19-14(11)21(13)12-5-8(16)2-3-10(12)18/h2-7H,1H3. The lowest BCUT2D eigenvalue weighted by atomic mass is 10.3. The van der Waals surface area contributed by atoms with Crippen LogP contribution in [0, 0.1) is 0 Å². The van der Waals surface area contributed by atoms with E-state index in [4.69, 9.17) is 46.4 Å². The topological polar surface area (TPSA) is 30.7 Å². The fourth-order valence-corrected chi connectivity index (χ4v) is 2.79. The average molecular weight is 361 g/mol. The van der Waals surface area contributed by atoms with Crippen molar-refractivity contribution in [2.75, 3.05) is 0 Å². The third-order valence-corrected chi connectivity index (χ3v) is 3.95. The number of nitrogens with zero attached hydrogens (tertiary/aromatic N) is 3. The van der Waals surface area contributed by atoms with Gasteiger partial charge in [0.05, 0.1) is 21.1 Å². The minimum absolute atomic E-state index is 0.326. The van der Waals surface area contributed by atoms with E-state index in [1.165, 1.54) is 0 Å². The lowest BCUT2D eigenvalue weighted by molar-refractivity contribution is 0.877. The second-order valence-electron chi connectivity index (χ2n) is 4.51. The molecule has 1 unspecified atom stereocenters. The third kappa shape index (κ3) is 2.71. The molecule has 1 aromatic carbocycles. The van der Waals surface area contributed by atoms with Gasteiger partial charge in [0.1, 0.15) is 11.3 Å². The summed E-state index contributed by atoms with van der Waals surface area (Å²) < 4.78 is 1.80. The molecule has 3 aromatic rings. The Kier molecular flexibility index (Phi) is 4.02. The Morgan fingerprint density at radius 1 is 1.10 bits per heavy atom. The molecule has 0 N–H and O–H groups in total. The van der Waals surface area contributed by atoms with Crippen LogP contribution in [0.5, 0.6) is 0 Å². The minimum atomic E-state index is -0.326. The van der Waals surface area contributed by atoms with E-state index in [1.807, 2.05) is 6.92 Å². The first-order chi connectivity index (χ1) is 9.97. The van der Waals surface area contributed by atoms with E-state index < -0.39 is 0 Å². The van der Waals surface area contributed by atoms with Crippen molar-refractivity contribution < 1.29 is 0 Å². The number of benzene rings is 1. The molecule has 0 saturated heterocycles. The third-order valence-electron chi connectivity index (χ3n) is 2.99. The zero-order valence-electron chi connectivity index (χ0n) is 10.8. The zero-order valence-corrected chi connectivity index (χ0v) is 13.8. The first-order valence-electron chi connectivity index (χ1n) is 6.11. The van der Waals surface area contributed by atoms with Crippen molar-refractivity contribution in [2.45, 2.75) is 12.3 Å². The second kappa shape index (κ2) is 5.65. The number of aromatic nitrogens is 3. The van der Waals surface area contributed by atoms with Crippen molar-refractivity contribution in [1.29, 1.82) is 0 Å². The van der Waals surface area contributed by atoms with Crippen molar-refractivity contribution in [3.8, 4) is 5.69 Å². The second-order valence-corrected chi connectivity index (χ2v) is 6.45. The molecule has 0 aliphatic carbocycles. The van der Waals surface area contributed by atoms with Gasteiger partial charge in [-0.15, -0.1) is 11.6 Å². The largest absolute Gasteiger partial charge is 0.278 e. The van der Waals surface area contributed by atoms with Crippen LogP contribution in [0.2, 0.25) is 15.1 Å². The predicted octanol–water partition coefficient (Wildman–Crippen LogP) is 5.68. The summed E-state index contributed by atoms with van der Waals surface area (Å²) in [5.74, 6) is 0.630. The molecule has 0 radical (unpaired) electrons. The van der Waals surface area contributed by atoms with Gasteiger partial charge in [-0.05, 0) is 31.2 Å². The summed E-state index contributed by atoms with van der Waals surface area (Å²) in [6, 6.07) is 6.94. The van der Waals surface area contributed by atoms with Crippen LogP contribution in [0.25, 0.3) is 16.9 Å². The molecule has 0 aliphatic heterocycles. The molecule has 3 rings (SSSR count). The predicted molar refractivity (Wildman–Crippen MR) is 88.2 cm³/mol. The van der Waals surface area contributed by atoms with Crippen LogP contribution in [0.15, 0.2) is 30.5 Å². The normalized spacial score (nSPS) is 12.8. The number of pyridine rings is 1. The fraction of sp³-hybridized carbons (Fsp3) is 0.143. The Morgan fingerprint density at radius 3 is 2.57 bits per heavy atom. The Labute approximate surface area is 141 Å². The average Bonchev–Trinajstić information content (AvgIpc) is 2.80. The summed E-state index contributed by atoms with van der Waals surface area (Å²) >= 11 is 24.6. The first kappa shape index (κ1) is 14.9. The van der Waals surface area contributed by atoms with Crippen LogP contribution in [-0.2, 0) is 0 Å². The maximum Gasteiger partial charge on any atom is 0.164 e. The Hall–Kier alpha value is -1.000. The highest BCUT2D eigenvalue weighted by atomic mass is 35.5. The first-order valence-corrected chi connectivity index (χ1v) is 7.68. The number of halogens is 4. The van der Waals surface area contributed by atoms with Crippen LogP contribution in [-0.4, -0.2) is 14.5 Å². The van der Waals surface area contributed by atoms with Gasteiger partial charge >= 0.3 is 0 Å². The molecule has 0 amide bonds. The lowest BCUT2D eigenvalue weighted by Gasteiger charge is -2.12. The van der Waals surface area contributed by atoms with E-state index >= 15 is 0 Å². The molecule has 0 saturated carbocycles. The molecule has 108 valence electrons. The van der Waals surface area contributed by atoms with Crippen molar-refractivity contribution in [2.24, 2.45) is 0 Å². The summed E-state index contributed by atoms with van der Waals surface area (Å²) in [6.45, 7) is 1.83. The molecule has 0 bridgehead atoms. The molecule has 1 atom stereocenters. The molecule has 21 heavy (non-hydrogen) atoms. The summed E-state index contributed by atoms with van der Waals surface area (Å²) in [6.07, 6.45) is 1.56. The molecule has 2 heterocycles. The van der Waals surface area contributed by atoms with Crippen LogP contribution < -0.4 is 0 Å². The van der Waals surface area contributed by atoms with E-state index in [2.05, 4.69) is 9.97 Å². The molecule has 0 aliphatic rings. The van der Waals surface area contributed by atoms with Gasteiger partial charge in [0.25, 0.3) is 0 Å². The lowest BCUT2D eigenvalue weighted by Crippen LogP contribution is -2.03. The number of hydrogen-bond acceptors (Lipinski definition) is 2. The van der Waals surface area contributed by atoms with Gasteiger partial charge in [0.15, 0.2) is 5.65 Å². The number of imidazole rings is 1. The summed E-state index contributed by atoms with van der Waals surface area (Å²) in [4.78, 5) is 8.84. The van der Waals surface area contributed by atoms with Gasteiger partial charge in [-0.1, -0.05) is 34.8 Å². The fourth-order valence-electron chi connectivity index (χ4n) is 2.12. The maximum atomic E-state index is 6.29. The Balaban J connectivity index is 2.39. The van der Waals surface area contributed by atoms with Gasteiger partial charge in [0.2, 0.25) is 0 Å². The highest BCUT2D eigenvalue weighted by Gasteiger charge is 2.19. The molecule has 0 fully saturated rings. The van der Waals surface area contributed by atoms with Crippen LogP contribution in [0.4, 0.5) is 0 Å². The molecular formula is C14H9Cl4N3. The number of hydrogen-bond donors (Lipinski definition) is 0. The number of fused-ring (bicyclic) bond motifs is 1. The van der Waals surface area contributed by atoms with Crippen LogP contribution in [0.1, 0.15) is 18.1 Å². The highest BCUT2D eigenvalue weighted by Crippen LogP contribution is 2.32.